The molecule has 1 heterocycles. The second kappa shape index (κ2) is 6.07. The van der Waals surface area contributed by atoms with E-state index in [0.717, 1.165) is 11.1 Å². The third-order valence-corrected chi connectivity index (χ3v) is 3.64. The van der Waals surface area contributed by atoms with Crippen LogP contribution in [0.3, 0.4) is 0 Å². The molecule has 0 amide bonds. The second-order valence-electron chi connectivity index (χ2n) is 4.09. The Labute approximate surface area is 105 Å². The van der Waals surface area contributed by atoms with Crippen molar-refractivity contribution in [1.82, 2.24) is 14.5 Å². The van der Waals surface area contributed by atoms with Gasteiger partial charge in [-0.3, -0.25) is 9.36 Å². The van der Waals surface area contributed by atoms with Crippen molar-refractivity contribution in [1.29, 1.82) is 0 Å². The van der Waals surface area contributed by atoms with Crippen molar-refractivity contribution < 1.29 is 0 Å². The van der Waals surface area contributed by atoms with Crippen LogP contribution in [-0.4, -0.2) is 27.2 Å². The van der Waals surface area contributed by atoms with Crippen molar-refractivity contribution in [3.63, 3.8) is 0 Å². The Morgan fingerprint density at radius 2 is 2.06 bits per heavy atom. The lowest BCUT2D eigenvalue weighted by Crippen LogP contribution is -2.39. The highest BCUT2D eigenvalue weighted by Crippen LogP contribution is 2.02. The summed E-state index contributed by atoms with van der Waals surface area (Å²) in [5.74, 6) is 0. The van der Waals surface area contributed by atoms with Gasteiger partial charge >= 0.3 is 5.69 Å². The largest absolute Gasteiger partial charge is 0.330 e. The smallest absolute Gasteiger partial charge is 0.311 e. The fraction of sp³-hybridized carbons (Fsp3) is 0.636. The summed E-state index contributed by atoms with van der Waals surface area (Å²) in [7, 11) is 3.15. The van der Waals surface area contributed by atoms with Crippen LogP contribution in [0.1, 0.15) is 12.5 Å². The molecule has 1 N–H and O–H groups in total. The maximum Gasteiger partial charge on any atom is 0.330 e. The lowest BCUT2D eigenvalue weighted by molar-refractivity contribution is 0.629. The molecule has 0 spiro atoms. The van der Waals surface area contributed by atoms with E-state index in [1.54, 1.807) is 25.0 Å². The van der Waals surface area contributed by atoms with Crippen molar-refractivity contribution in [2.75, 3.05) is 12.8 Å². The first-order chi connectivity index (χ1) is 7.97. The SMILES string of the molecule is CSC(C)CNCc1cn(C)c(=O)n(C)c1=O. The van der Waals surface area contributed by atoms with Gasteiger partial charge in [0.2, 0.25) is 0 Å². The predicted molar refractivity (Wildman–Crippen MR) is 71.6 cm³/mol. The summed E-state index contributed by atoms with van der Waals surface area (Å²) < 4.78 is 2.56. The van der Waals surface area contributed by atoms with Gasteiger partial charge in [-0.25, -0.2) is 4.79 Å². The molecule has 0 bridgehead atoms. The Kier molecular flexibility index (Phi) is 5.02. The molecule has 0 saturated carbocycles. The highest BCUT2D eigenvalue weighted by molar-refractivity contribution is 7.99. The molecular weight excluding hydrogens is 238 g/mol. The fourth-order valence-corrected chi connectivity index (χ4v) is 1.78. The lowest BCUT2D eigenvalue weighted by Gasteiger charge is -2.10. The fourth-order valence-electron chi connectivity index (χ4n) is 1.50. The normalized spacial score (nSPS) is 12.7. The molecule has 0 radical (unpaired) electrons. The van der Waals surface area contributed by atoms with E-state index < -0.39 is 0 Å². The van der Waals surface area contributed by atoms with Gasteiger partial charge in [-0.15, -0.1) is 0 Å². The minimum Gasteiger partial charge on any atom is -0.311 e. The highest BCUT2D eigenvalue weighted by Gasteiger charge is 2.06. The van der Waals surface area contributed by atoms with E-state index in [1.165, 1.54) is 11.6 Å². The van der Waals surface area contributed by atoms with Crippen LogP contribution in [-0.2, 0) is 20.6 Å². The summed E-state index contributed by atoms with van der Waals surface area (Å²) in [5.41, 5.74) is 0.0940. The van der Waals surface area contributed by atoms with Gasteiger partial charge in [0.25, 0.3) is 5.56 Å². The maximum atomic E-state index is 11.8. The molecule has 1 rings (SSSR count). The van der Waals surface area contributed by atoms with Gasteiger partial charge in [0.1, 0.15) is 0 Å². The molecule has 6 heteroatoms. The molecule has 0 aliphatic rings. The maximum absolute atomic E-state index is 11.8. The van der Waals surface area contributed by atoms with E-state index >= 15 is 0 Å². The van der Waals surface area contributed by atoms with Gasteiger partial charge in [0, 0.05) is 44.2 Å². The van der Waals surface area contributed by atoms with Crippen LogP contribution in [0.2, 0.25) is 0 Å². The van der Waals surface area contributed by atoms with Crippen molar-refractivity contribution in [2.45, 2.75) is 18.7 Å². The van der Waals surface area contributed by atoms with Gasteiger partial charge in [-0.05, 0) is 6.26 Å². The monoisotopic (exact) mass is 257 g/mol. The molecule has 0 aliphatic heterocycles. The molecule has 0 fully saturated rings. The standard InChI is InChI=1S/C11H19N3O2S/c1-8(17-4)5-12-6-9-7-13(2)11(16)14(3)10(9)15/h7-8,12H,5-6H2,1-4H3. The Balaban J connectivity index is 2.80. The van der Waals surface area contributed by atoms with Crippen LogP contribution in [0.5, 0.6) is 0 Å². The van der Waals surface area contributed by atoms with E-state index in [2.05, 4.69) is 18.5 Å². The Hall–Kier alpha value is -1.01. The topological polar surface area (TPSA) is 56.0 Å². The Morgan fingerprint density at radius 1 is 1.41 bits per heavy atom. The summed E-state index contributed by atoms with van der Waals surface area (Å²) in [4.78, 5) is 23.3. The molecule has 1 aromatic rings. The molecule has 1 aromatic heterocycles. The average Bonchev–Trinajstić information content (AvgIpc) is 2.32. The molecule has 17 heavy (non-hydrogen) atoms. The summed E-state index contributed by atoms with van der Waals surface area (Å²) >= 11 is 1.77. The van der Waals surface area contributed by atoms with Gasteiger partial charge in [-0.2, -0.15) is 11.8 Å². The zero-order valence-electron chi connectivity index (χ0n) is 10.7. The molecule has 1 atom stereocenters. The van der Waals surface area contributed by atoms with Gasteiger partial charge in [0.15, 0.2) is 0 Å². The summed E-state index contributed by atoms with van der Waals surface area (Å²) in [6.45, 7) is 3.45. The summed E-state index contributed by atoms with van der Waals surface area (Å²) in [6.07, 6.45) is 3.65. The number of aryl methyl sites for hydroxylation is 1. The van der Waals surface area contributed by atoms with Crippen LogP contribution in [0.15, 0.2) is 15.8 Å². The first-order valence-electron chi connectivity index (χ1n) is 5.46. The van der Waals surface area contributed by atoms with E-state index in [9.17, 15) is 9.59 Å². The molecule has 0 aliphatic carbocycles. The quantitative estimate of drug-likeness (QED) is 0.802. The molecule has 0 aromatic carbocycles. The Morgan fingerprint density at radius 3 is 2.65 bits per heavy atom. The van der Waals surface area contributed by atoms with Gasteiger partial charge in [-0.1, -0.05) is 6.92 Å². The number of hydrogen-bond donors (Lipinski definition) is 1. The van der Waals surface area contributed by atoms with E-state index in [4.69, 9.17) is 0 Å². The summed E-state index contributed by atoms with van der Waals surface area (Å²) in [6, 6.07) is 0. The van der Waals surface area contributed by atoms with Gasteiger partial charge in [0.05, 0.1) is 0 Å². The van der Waals surface area contributed by atoms with Crippen molar-refractivity contribution in [2.24, 2.45) is 14.1 Å². The summed E-state index contributed by atoms with van der Waals surface area (Å²) in [5, 5.41) is 3.72. The zero-order valence-corrected chi connectivity index (χ0v) is 11.5. The number of aromatic nitrogens is 2. The number of nitrogens with zero attached hydrogens (tertiary/aromatic N) is 2. The molecule has 0 saturated heterocycles. The van der Waals surface area contributed by atoms with Crippen molar-refractivity contribution in [3.05, 3.63) is 32.6 Å². The van der Waals surface area contributed by atoms with Crippen molar-refractivity contribution in [3.8, 4) is 0 Å². The van der Waals surface area contributed by atoms with Gasteiger partial charge < -0.3 is 9.88 Å². The van der Waals surface area contributed by atoms with Crippen LogP contribution >= 0.6 is 11.8 Å². The average molecular weight is 257 g/mol. The van der Waals surface area contributed by atoms with E-state index in [-0.39, 0.29) is 11.2 Å². The van der Waals surface area contributed by atoms with Crippen LogP contribution in [0.4, 0.5) is 0 Å². The first kappa shape index (κ1) is 14.1. The van der Waals surface area contributed by atoms with E-state index in [1.807, 2.05) is 0 Å². The lowest BCUT2D eigenvalue weighted by atomic mass is 10.3. The number of hydrogen-bond acceptors (Lipinski definition) is 4. The number of rotatable bonds is 5. The molecule has 5 nitrogen and oxygen atoms in total. The van der Waals surface area contributed by atoms with Crippen molar-refractivity contribution >= 4 is 11.8 Å². The first-order valence-corrected chi connectivity index (χ1v) is 6.75. The third kappa shape index (κ3) is 3.47. The van der Waals surface area contributed by atoms with Crippen LogP contribution < -0.4 is 16.6 Å². The van der Waals surface area contributed by atoms with E-state index in [0.29, 0.717) is 17.4 Å². The number of nitrogens with one attached hydrogen (secondary N) is 1. The molecule has 1 unspecified atom stereocenters. The predicted octanol–water partition coefficient (Wildman–Crippen LogP) is -0.0749. The van der Waals surface area contributed by atoms with Crippen LogP contribution in [0, 0.1) is 0 Å². The second-order valence-corrected chi connectivity index (χ2v) is 5.37. The third-order valence-electron chi connectivity index (χ3n) is 2.67. The Bertz CT molecular complexity index is 492. The zero-order chi connectivity index (χ0) is 13.0. The minimum atomic E-state index is -0.295. The minimum absolute atomic E-state index is 0.225. The van der Waals surface area contributed by atoms with Crippen LogP contribution in [0.25, 0.3) is 0 Å². The highest BCUT2D eigenvalue weighted by atomic mass is 32.2. The number of thioether (sulfide) groups is 1. The molecule has 96 valence electrons. The molecular formula is C11H19N3O2S.